The van der Waals surface area contributed by atoms with Crippen LogP contribution in [0.25, 0.3) is 0 Å². The lowest BCUT2D eigenvalue weighted by molar-refractivity contribution is 0.0586. The van der Waals surface area contributed by atoms with Crippen LogP contribution in [0.1, 0.15) is 17.0 Å². The molecule has 2 aromatic heterocycles. The third kappa shape index (κ3) is 2.90. The number of hydrogen-bond acceptors (Lipinski definition) is 5. The van der Waals surface area contributed by atoms with Gasteiger partial charge in [-0.2, -0.15) is 0 Å². The lowest BCUT2D eigenvalue weighted by atomic mass is 10.4. The molecule has 0 unspecified atom stereocenters. The molecule has 0 spiro atoms. The van der Waals surface area contributed by atoms with Gasteiger partial charge in [-0.1, -0.05) is 0 Å². The maximum absolute atomic E-state index is 11.1. The number of hydrogen-bond donors (Lipinski definition) is 0. The zero-order valence-electron chi connectivity index (χ0n) is 9.48. The number of methoxy groups -OCH3 is 1. The molecule has 0 bridgehead atoms. The predicted octanol–water partition coefficient (Wildman–Crippen LogP) is 0.352. The van der Waals surface area contributed by atoms with Gasteiger partial charge in [0, 0.05) is 25.5 Å². The van der Waals surface area contributed by atoms with Crippen LogP contribution in [0.15, 0.2) is 25.0 Å². The molecule has 0 aliphatic carbocycles. The van der Waals surface area contributed by atoms with Crippen molar-refractivity contribution in [3.8, 4) is 0 Å². The number of imidazole rings is 1. The van der Waals surface area contributed by atoms with E-state index < -0.39 is 5.97 Å². The van der Waals surface area contributed by atoms with Crippen molar-refractivity contribution in [3.63, 3.8) is 0 Å². The highest BCUT2D eigenvalue weighted by Gasteiger charge is 2.10. The first-order chi connectivity index (χ1) is 8.29. The van der Waals surface area contributed by atoms with Crippen molar-refractivity contribution in [2.45, 2.75) is 19.5 Å². The Morgan fingerprint density at radius 1 is 1.41 bits per heavy atom. The average Bonchev–Trinajstić information content (AvgIpc) is 2.99. The maximum Gasteiger partial charge on any atom is 0.377 e. The van der Waals surface area contributed by atoms with E-state index in [9.17, 15) is 4.79 Å². The molecule has 0 saturated heterocycles. The van der Waals surface area contributed by atoms with Crippen molar-refractivity contribution < 1.29 is 9.53 Å². The zero-order valence-corrected chi connectivity index (χ0v) is 9.48. The van der Waals surface area contributed by atoms with Crippen molar-refractivity contribution >= 4 is 5.97 Å². The Hall–Kier alpha value is -2.18. The number of aromatic nitrogens is 5. The first-order valence-electron chi connectivity index (χ1n) is 5.23. The molecule has 2 heterocycles. The van der Waals surface area contributed by atoms with E-state index in [4.69, 9.17) is 0 Å². The molecule has 90 valence electrons. The Balaban J connectivity index is 1.83. The first-order valence-corrected chi connectivity index (χ1v) is 5.23. The molecule has 0 saturated carbocycles. The van der Waals surface area contributed by atoms with Crippen molar-refractivity contribution in [1.29, 1.82) is 0 Å². The second kappa shape index (κ2) is 5.24. The molecule has 0 amide bonds. The van der Waals surface area contributed by atoms with Crippen molar-refractivity contribution in [2.75, 3.05) is 7.11 Å². The molecular weight excluding hydrogens is 222 g/mol. The van der Waals surface area contributed by atoms with E-state index in [0.717, 1.165) is 13.0 Å². The quantitative estimate of drug-likeness (QED) is 0.699. The van der Waals surface area contributed by atoms with Gasteiger partial charge in [0.05, 0.1) is 13.4 Å². The van der Waals surface area contributed by atoms with Crippen molar-refractivity contribution in [3.05, 3.63) is 30.9 Å². The Labute approximate surface area is 98.1 Å². The molecule has 0 aliphatic heterocycles. The van der Waals surface area contributed by atoms with Gasteiger partial charge in [0.1, 0.15) is 6.33 Å². The van der Waals surface area contributed by atoms with Crippen LogP contribution in [0.4, 0.5) is 0 Å². The van der Waals surface area contributed by atoms with E-state index in [0.29, 0.717) is 6.54 Å². The van der Waals surface area contributed by atoms with Crippen molar-refractivity contribution in [2.24, 2.45) is 0 Å². The second-order valence-corrected chi connectivity index (χ2v) is 3.48. The van der Waals surface area contributed by atoms with E-state index in [1.54, 1.807) is 17.2 Å². The standard InChI is InChI=1S/C10H13N5O2/c1-17-10(16)9-12-8-15(13-9)5-2-4-14-6-3-11-7-14/h3,6-8H,2,4-5H2,1H3. The van der Waals surface area contributed by atoms with Crippen LogP contribution in [0.2, 0.25) is 0 Å². The minimum atomic E-state index is -0.515. The highest BCUT2D eigenvalue weighted by Crippen LogP contribution is 1.96. The number of ether oxygens (including phenoxy) is 1. The number of carbonyl (C=O) groups is 1. The van der Waals surface area contributed by atoms with E-state index in [2.05, 4.69) is 19.8 Å². The third-order valence-corrected chi connectivity index (χ3v) is 2.27. The van der Waals surface area contributed by atoms with Crippen LogP contribution in [0.5, 0.6) is 0 Å². The molecule has 0 aromatic carbocycles. The highest BCUT2D eigenvalue weighted by atomic mass is 16.5. The average molecular weight is 235 g/mol. The third-order valence-electron chi connectivity index (χ3n) is 2.27. The van der Waals surface area contributed by atoms with Gasteiger partial charge in [0.25, 0.3) is 5.82 Å². The summed E-state index contributed by atoms with van der Waals surface area (Å²) in [6.45, 7) is 1.55. The van der Waals surface area contributed by atoms with Crippen LogP contribution in [-0.2, 0) is 17.8 Å². The molecule has 2 aromatic rings. The summed E-state index contributed by atoms with van der Waals surface area (Å²) in [6, 6.07) is 0. The molecule has 0 N–H and O–H groups in total. The summed E-state index contributed by atoms with van der Waals surface area (Å²) in [5, 5.41) is 4.01. The number of aryl methyl sites for hydroxylation is 2. The minimum absolute atomic E-state index is 0.0927. The molecule has 0 atom stereocenters. The number of esters is 1. The Morgan fingerprint density at radius 2 is 2.29 bits per heavy atom. The van der Waals surface area contributed by atoms with E-state index in [1.165, 1.54) is 13.4 Å². The number of nitrogens with zero attached hydrogens (tertiary/aromatic N) is 5. The number of rotatable bonds is 5. The number of carbonyl (C=O) groups excluding carboxylic acids is 1. The fraction of sp³-hybridized carbons (Fsp3) is 0.400. The summed E-state index contributed by atoms with van der Waals surface area (Å²) in [7, 11) is 1.31. The van der Waals surface area contributed by atoms with Crippen LogP contribution >= 0.6 is 0 Å². The fourth-order valence-corrected chi connectivity index (χ4v) is 1.42. The van der Waals surface area contributed by atoms with E-state index in [1.807, 2.05) is 10.8 Å². The molecule has 7 nitrogen and oxygen atoms in total. The molecule has 0 radical (unpaired) electrons. The Morgan fingerprint density at radius 3 is 3.00 bits per heavy atom. The topological polar surface area (TPSA) is 74.8 Å². The van der Waals surface area contributed by atoms with Gasteiger partial charge in [-0.05, 0) is 6.42 Å². The van der Waals surface area contributed by atoms with Crippen LogP contribution in [0, 0.1) is 0 Å². The molecule has 0 aliphatic rings. The highest BCUT2D eigenvalue weighted by molar-refractivity contribution is 5.84. The van der Waals surface area contributed by atoms with Crippen LogP contribution in [0.3, 0.4) is 0 Å². The van der Waals surface area contributed by atoms with Gasteiger partial charge < -0.3 is 9.30 Å². The summed E-state index contributed by atoms with van der Waals surface area (Å²) >= 11 is 0. The predicted molar refractivity (Wildman–Crippen MR) is 58.2 cm³/mol. The van der Waals surface area contributed by atoms with Gasteiger partial charge >= 0.3 is 5.97 Å². The normalized spacial score (nSPS) is 10.4. The van der Waals surface area contributed by atoms with E-state index in [-0.39, 0.29) is 5.82 Å². The van der Waals surface area contributed by atoms with Gasteiger partial charge in [-0.15, -0.1) is 5.10 Å². The summed E-state index contributed by atoms with van der Waals surface area (Å²) in [6.07, 6.45) is 7.83. The smallest absolute Gasteiger partial charge is 0.377 e. The largest absolute Gasteiger partial charge is 0.463 e. The van der Waals surface area contributed by atoms with Gasteiger partial charge in [-0.3, -0.25) is 4.68 Å². The first kappa shape index (κ1) is 11.3. The van der Waals surface area contributed by atoms with E-state index >= 15 is 0 Å². The molecular formula is C10H13N5O2. The van der Waals surface area contributed by atoms with Crippen LogP contribution < -0.4 is 0 Å². The summed E-state index contributed by atoms with van der Waals surface area (Å²) in [5.41, 5.74) is 0. The molecule has 0 fully saturated rings. The lowest BCUT2D eigenvalue weighted by Gasteiger charge is -2.01. The molecule has 7 heteroatoms. The van der Waals surface area contributed by atoms with Gasteiger partial charge in [0.2, 0.25) is 0 Å². The SMILES string of the molecule is COC(=O)c1ncn(CCCn2ccnc2)n1. The zero-order chi connectivity index (χ0) is 12.1. The Kier molecular flexibility index (Phi) is 3.49. The van der Waals surface area contributed by atoms with Gasteiger partial charge in [-0.25, -0.2) is 14.8 Å². The maximum atomic E-state index is 11.1. The minimum Gasteiger partial charge on any atom is -0.463 e. The lowest BCUT2D eigenvalue weighted by Crippen LogP contribution is -2.07. The molecule has 2 rings (SSSR count). The van der Waals surface area contributed by atoms with Gasteiger partial charge in [0.15, 0.2) is 0 Å². The summed E-state index contributed by atoms with van der Waals surface area (Å²) in [4.78, 5) is 18.9. The molecule has 17 heavy (non-hydrogen) atoms. The summed E-state index contributed by atoms with van der Waals surface area (Å²) in [5.74, 6) is -0.423. The monoisotopic (exact) mass is 235 g/mol. The second-order valence-electron chi connectivity index (χ2n) is 3.48. The van der Waals surface area contributed by atoms with Crippen LogP contribution in [-0.4, -0.2) is 37.4 Å². The fourth-order valence-electron chi connectivity index (χ4n) is 1.42. The van der Waals surface area contributed by atoms with Crippen molar-refractivity contribution in [1.82, 2.24) is 24.3 Å². The summed E-state index contributed by atoms with van der Waals surface area (Å²) < 4.78 is 8.14. The Bertz CT molecular complexity index is 477.